The molecule has 0 atom stereocenters. The summed E-state index contributed by atoms with van der Waals surface area (Å²) in [5.41, 5.74) is 0.592. The summed E-state index contributed by atoms with van der Waals surface area (Å²) in [6.45, 7) is 1.26. The second kappa shape index (κ2) is 2.54. The second-order valence-electron chi connectivity index (χ2n) is 3.68. The van der Waals surface area contributed by atoms with Crippen molar-refractivity contribution in [1.82, 2.24) is 5.32 Å². The van der Waals surface area contributed by atoms with Gasteiger partial charge in [-0.15, -0.1) is 0 Å². The molecule has 1 aliphatic heterocycles. The van der Waals surface area contributed by atoms with Gasteiger partial charge in [0, 0.05) is 5.54 Å². The lowest BCUT2D eigenvalue weighted by Crippen LogP contribution is -2.41. The van der Waals surface area contributed by atoms with Crippen molar-refractivity contribution in [2.45, 2.75) is 44.1 Å². The molecule has 0 unspecified atom stereocenters. The van der Waals surface area contributed by atoms with E-state index in [1.54, 1.807) is 0 Å². The summed E-state index contributed by atoms with van der Waals surface area (Å²) >= 11 is 0. The molecule has 0 aromatic heterocycles. The van der Waals surface area contributed by atoms with Gasteiger partial charge >= 0.3 is 0 Å². The van der Waals surface area contributed by atoms with Crippen LogP contribution in [0.15, 0.2) is 0 Å². The highest BCUT2D eigenvalue weighted by molar-refractivity contribution is 4.98. The van der Waals surface area contributed by atoms with Crippen LogP contribution in [0, 0.1) is 6.42 Å². The lowest BCUT2D eigenvalue weighted by Gasteiger charge is -2.33. The zero-order valence-corrected chi connectivity index (χ0v) is 6.53. The van der Waals surface area contributed by atoms with E-state index in [-0.39, 0.29) is 0 Å². The first-order valence-electron chi connectivity index (χ1n) is 4.48. The summed E-state index contributed by atoms with van der Waals surface area (Å²) in [5.74, 6) is 0. The summed E-state index contributed by atoms with van der Waals surface area (Å²) in [5, 5.41) is 3.65. The van der Waals surface area contributed by atoms with Crippen LogP contribution in [0.25, 0.3) is 0 Å². The van der Waals surface area contributed by atoms with Crippen LogP contribution in [0.3, 0.4) is 0 Å². The molecule has 10 heavy (non-hydrogen) atoms. The van der Waals surface area contributed by atoms with Gasteiger partial charge in [0.25, 0.3) is 0 Å². The maximum atomic E-state index is 3.65. The maximum absolute atomic E-state index is 3.65. The zero-order chi connectivity index (χ0) is 6.86. The van der Waals surface area contributed by atoms with E-state index in [2.05, 4.69) is 11.7 Å². The van der Waals surface area contributed by atoms with Crippen molar-refractivity contribution >= 4 is 0 Å². The predicted molar refractivity (Wildman–Crippen MR) is 42.7 cm³/mol. The van der Waals surface area contributed by atoms with E-state index < -0.39 is 0 Å². The van der Waals surface area contributed by atoms with E-state index in [1.807, 2.05) is 0 Å². The minimum atomic E-state index is 0.592. The van der Waals surface area contributed by atoms with Crippen LogP contribution in [-0.4, -0.2) is 12.1 Å². The van der Waals surface area contributed by atoms with E-state index in [0.717, 1.165) is 0 Å². The van der Waals surface area contributed by atoms with Gasteiger partial charge in [0.15, 0.2) is 0 Å². The molecule has 0 aromatic rings. The molecule has 0 bridgehead atoms. The van der Waals surface area contributed by atoms with E-state index in [1.165, 1.54) is 45.1 Å². The summed E-state index contributed by atoms with van der Waals surface area (Å²) < 4.78 is 0. The smallest absolute Gasteiger partial charge is 0.0182 e. The SMILES string of the molecule is [CH]1CCC2(CC1)CCCN2. The number of nitrogens with one attached hydrogen (secondary N) is 1. The monoisotopic (exact) mass is 138 g/mol. The largest absolute Gasteiger partial charge is 0.311 e. The van der Waals surface area contributed by atoms with Crippen molar-refractivity contribution < 1.29 is 0 Å². The van der Waals surface area contributed by atoms with E-state index in [4.69, 9.17) is 0 Å². The molecule has 0 amide bonds. The molecule has 2 aliphatic rings. The minimum Gasteiger partial charge on any atom is -0.311 e. The third-order valence-electron chi connectivity index (χ3n) is 2.99. The van der Waals surface area contributed by atoms with Gasteiger partial charge in [0.1, 0.15) is 0 Å². The van der Waals surface area contributed by atoms with E-state index in [0.29, 0.717) is 5.54 Å². The van der Waals surface area contributed by atoms with Gasteiger partial charge in [0.05, 0.1) is 0 Å². The van der Waals surface area contributed by atoms with Crippen molar-refractivity contribution in [2.75, 3.05) is 6.54 Å². The average molecular weight is 138 g/mol. The first-order valence-corrected chi connectivity index (χ1v) is 4.48. The summed E-state index contributed by atoms with van der Waals surface area (Å²) in [7, 11) is 0. The van der Waals surface area contributed by atoms with Gasteiger partial charge in [-0.05, 0) is 51.5 Å². The predicted octanol–water partition coefficient (Wildman–Crippen LogP) is 1.89. The number of rotatable bonds is 0. The Morgan fingerprint density at radius 2 is 1.90 bits per heavy atom. The molecule has 2 fully saturated rings. The Kier molecular flexibility index (Phi) is 1.69. The number of hydrogen-bond acceptors (Lipinski definition) is 1. The Morgan fingerprint density at radius 3 is 2.50 bits per heavy atom. The molecule has 1 heterocycles. The van der Waals surface area contributed by atoms with Crippen molar-refractivity contribution in [3.8, 4) is 0 Å². The quantitative estimate of drug-likeness (QED) is 0.539. The summed E-state index contributed by atoms with van der Waals surface area (Å²) in [6, 6.07) is 0. The van der Waals surface area contributed by atoms with Crippen LogP contribution in [0.4, 0.5) is 0 Å². The molecule has 1 saturated carbocycles. The molecule has 1 aliphatic carbocycles. The van der Waals surface area contributed by atoms with Gasteiger partial charge in [0.2, 0.25) is 0 Å². The maximum Gasteiger partial charge on any atom is 0.0182 e. The molecule has 57 valence electrons. The Morgan fingerprint density at radius 1 is 1.10 bits per heavy atom. The molecule has 0 aromatic carbocycles. The van der Waals surface area contributed by atoms with Crippen molar-refractivity contribution in [2.24, 2.45) is 0 Å². The summed E-state index contributed by atoms with van der Waals surface area (Å²) in [6.07, 6.45) is 10.7. The van der Waals surface area contributed by atoms with Gasteiger partial charge in [-0.25, -0.2) is 0 Å². The van der Waals surface area contributed by atoms with Crippen LogP contribution in [0.2, 0.25) is 0 Å². The van der Waals surface area contributed by atoms with Gasteiger partial charge in [-0.1, -0.05) is 0 Å². The fourth-order valence-corrected chi connectivity index (χ4v) is 2.32. The van der Waals surface area contributed by atoms with Gasteiger partial charge in [-0.2, -0.15) is 0 Å². The second-order valence-corrected chi connectivity index (χ2v) is 3.68. The first kappa shape index (κ1) is 6.66. The zero-order valence-electron chi connectivity index (χ0n) is 6.53. The normalized spacial score (nSPS) is 31.2. The highest BCUT2D eigenvalue weighted by Crippen LogP contribution is 2.34. The Labute approximate surface area is 63.2 Å². The Balaban J connectivity index is 1.98. The molecule has 1 saturated heterocycles. The molecule has 1 N–H and O–H groups in total. The van der Waals surface area contributed by atoms with Gasteiger partial charge < -0.3 is 5.32 Å². The standard InChI is InChI=1S/C9H16N/c1-2-5-9(6-3-1)7-4-8-10-9/h1,10H,2-8H2. The van der Waals surface area contributed by atoms with E-state index in [9.17, 15) is 0 Å². The fraction of sp³-hybridized carbons (Fsp3) is 0.889. The molecule has 1 nitrogen and oxygen atoms in total. The molecule has 1 spiro atoms. The van der Waals surface area contributed by atoms with Crippen LogP contribution < -0.4 is 5.32 Å². The number of hydrogen-bond donors (Lipinski definition) is 1. The van der Waals surface area contributed by atoms with Crippen molar-refractivity contribution in [3.05, 3.63) is 6.42 Å². The topological polar surface area (TPSA) is 12.0 Å². The molecular formula is C9H16N. The minimum absolute atomic E-state index is 0.592. The molecular weight excluding hydrogens is 122 g/mol. The highest BCUT2D eigenvalue weighted by Gasteiger charge is 2.33. The first-order chi connectivity index (χ1) is 4.91. The van der Waals surface area contributed by atoms with Crippen molar-refractivity contribution in [1.29, 1.82) is 0 Å². The van der Waals surface area contributed by atoms with Gasteiger partial charge in [-0.3, -0.25) is 0 Å². The Bertz CT molecular complexity index is 106. The van der Waals surface area contributed by atoms with Crippen LogP contribution in [-0.2, 0) is 0 Å². The fourth-order valence-electron chi connectivity index (χ4n) is 2.32. The lowest BCUT2D eigenvalue weighted by atomic mass is 9.81. The van der Waals surface area contributed by atoms with Crippen LogP contribution in [0.1, 0.15) is 38.5 Å². The molecule has 2 rings (SSSR count). The van der Waals surface area contributed by atoms with Crippen LogP contribution in [0.5, 0.6) is 0 Å². The average Bonchev–Trinajstić information content (AvgIpc) is 2.39. The molecule has 1 heteroatoms. The lowest BCUT2D eigenvalue weighted by molar-refractivity contribution is 0.293. The van der Waals surface area contributed by atoms with E-state index >= 15 is 0 Å². The highest BCUT2D eigenvalue weighted by atomic mass is 15.0. The Hall–Kier alpha value is -0.0400. The van der Waals surface area contributed by atoms with Crippen molar-refractivity contribution in [3.63, 3.8) is 0 Å². The third-order valence-corrected chi connectivity index (χ3v) is 2.99. The third kappa shape index (κ3) is 1.07. The van der Waals surface area contributed by atoms with Crippen LogP contribution >= 0.6 is 0 Å². The molecule has 1 radical (unpaired) electrons. The summed E-state index contributed by atoms with van der Waals surface area (Å²) in [4.78, 5) is 0.